The summed E-state index contributed by atoms with van der Waals surface area (Å²) in [7, 11) is -3.72. The van der Waals surface area contributed by atoms with Crippen molar-refractivity contribution in [2.45, 2.75) is 4.90 Å². The van der Waals surface area contributed by atoms with Crippen molar-refractivity contribution in [2.24, 2.45) is 5.73 Å². The molecule has 98 valence electrons. The lowest BCUT2D eigenvalue weighted by Crippen LogP contribution is -2.40. The Kier molecular flexibility index (Phi) is 4.81. The monoisotopic (exact) mass is 271 g/mol. The van der Waals surface area contributed by atoms with E-state index in [9.17, 15) is 18.0 Å². The molecule has 0 spiro atoms. The smallest absolute Gasteiger partial charge is 0.241 e. The van der Waals surface area contributed by atoms with Crippen molar-refractivity contribution >= 4 is 21.8 Å². The van der Waals surface area contributed by atoms with Gasteiger partial charge in [-0.25, -0.2) is 13.1 Å². The Labute approximate surface area is 104 Å². The van der Waals surface area contributed by atoms with Crippen molar-refractivity contribution in [3.63, 3.8) is 0 Å². The standard InChI is InChI=1S/C10H13N3O4S/c11-9(14)6-12-10(15)7-13-18(16,17)8-4-2-1-3-5-8/h1-5,13H,6-7H2,(H2,11,14)(H,12,15). The summed E-state index contributed by atoms with van der Waals surface area (Å²) >= 11 is 0. The third kappa shape index (κ3) is 4.52. The Balaban J connectivity index is 2.53. The normalized spacial score (nSPS) is 10.9. The van der Waals surface area contributed by atoms with Gasteiger partial charge in [-0.3, -0.25) is 9.59 Å². The molecule has 0 unspecified atom stereocenters. The van der Waals surface area contributed by atoms with Crippen LogP contribution in [0.25, 0.3) is 0 Å². The van der Waals surface area contributed by atoms with Crippen LogP contribution in [-0.2, 0) is 19.6 Å². The molecule has 0 saturated carbocycles. The fraction of sp³-hybridized carbons (Fsp3) is 0.200. The number of hydrogen-bond acceptors (Lipinski definition) is 4. The van der Waals surface area contributed by atoms with E-state index in [0.29, 0.717) is 0 Å². The maximum atomic E-state index is 11.7. The number of rotatable bonds is 6. The molecule has 1 aromatic rings. The average Bonchev–Trinajstić information content (AvgIpc) is 2.35. The first-order chi connectivity index (χ1) is 8.42. The van der Waals surface area contributed by atoms with Gasteiger partial charge in [-0.2, -0.15) is 0 Å². The number of amides is 2. The summed E-state index contributed by atoms with van der Waals surface area (Å²) in [5.41, 5.74) is 4.82. The van der Waals surface area contributed by atoms with Gasteiger partial charge in [0.15, 0.2) is 0 Å². The number of nitrogens with one attached hydrogen (secondary N) is 2. The van der Waals surface area contributed by atoms with Crippen LogP contribution >= 0.6 is 0 Å². The maximum absolute atomic E-state index is 11.7. The predicted molar refractivity (Wildman–Crippen MR) is 63.8 cm³/mol. The Bertz CT molecular complexity index is 527. The predicted octanol–water partition coefficient (Wildman–Crippen LogP) is -1.43. The van der Waals surface area contributed by atoms with Crippen molar-refractivity contribution in [1.29, 1.82) is 0 Å². The summed E-state index contributed by atoms with van der Waals surface area (Å²) in [6, 6.07) is 7.63. The topological polar surface area (TPSA) is 118 Å². The highest BCUT2D eigenvalue weighted by atomic mass is 32.2. The lowest BCUT2D eigenvalue weighted by atomic mass is 10.4. The van der Waals surface area contributed by atoms with Gasteiger partial charge in [0.05, 0.1) is 18.0 Å². The van der Waals surface area contributed by atoms with E-state index in [0.717, 1.165) is 0 Å². The second-order valence-electron chi connectivity index (χ2n) is 3.38. The highest BCUT2D eigenvalue weighted by molar-refractivity contribution is 7.89. The lowest BCUT2D eigenvalue weighted by Gasteiger charge is -2.06. The molecule has 18 heavy (non-hydrogen) atoms. The first-order valence-corrected chi connectivity index (χ1v) is 6.50. The van der Waals surface area contributed by atoms with Crippen LogP contribution in [0.4, 0.5) is 0 Å². The van der Waals surface area contributed by atoms with E-state index in [2.05, 4.69) is 10.0 Å². The molecule has 1 aromatic carbocycles. The first-order valence-electron chi connectivity index (χ1n) is 5.01. The molecule has 0 aromatic heterocycles. The van der Waals surface area contributed by atoms with E-state index in [-0.39, 0.29) is 11.4 Å². The molecule has 0 radical (unpaired) electrons. The average molecular weight is 271 g/mol. The Morgan fingerprint density at radius 2 is 1.72 bits per heavy atom. The molecular formula is C10H13N3O4S. The molecule has 0 heterocycles. The third-order valence-electron chi connectivity index (χ3n) is 1.94. The van der Waals surface area contributed by atoms with Crippen molar-refractivity contribution in [3.8, 4) is 0 Å². The molecule has 7 nitrogen and oxygen atoms in total. The minimum Gasteiger partial charge on any atom is -0.368 e. The van der Waals surface area contributed by atoms with E-state index in [1.165, 1.54) is 12.1 Å². The lowest BCUT2D eigenvalue weighted by molar-refractivity contribution is -0.124. The number of sulfonamides is 1. The van der Waals surface area contributed by atoms with E-state index < -0.39 is 28.4 Å². The quantitative estimate of drug-likeness (QED) is 0.587. The molecule has 1 rings (SSSR count). The molecule has 0 fully saturated rings. The van der Waals surface area contributed by atoms with Gasteiger partial charge < -0.3 is 11.1 Å². The zero-order chi connectivity index (χ0) is 13.6. The molecule has 0 saturated heterocycles. The largest absolute Gasteiger partial charge is 0.368 e. The zero-order valence-corrected chi connectivity index (χ0v) is 10.2. The number of primary amides is 1. The van der Waals surface area contributed by atoms with Crippen molar-refractivity contribution in [1.82, 2.24) is 10.0 Å². The van der Waals surface area contributed by atoms with Crippen LogP contribution < -0.4 is 15.8 Å². The van der Waals surface area contributed by atoms with E-state index in [4.69, 9.17) is 5.73 Å². The molecule has 0 aliphatic rings. The van der Waals surface area contributed by atoms with E-state index in [1.807, 2.05) is 0 Å². The SMILES string of the molecule is NC(=O)CNC(=O)CNS(=O)(=O)c1ccccc1. The van der Waals surface area contributed by atoms with Gasteiger partial charge >= 0.3 is 0 Å². The molecule has 8 heteroatoms. The number of hydrogen-bond donors (Lipinski definition) is 3. The molecule has 0 bridgehead atoms. The summed E-state index contributed by atoms with van der Waals surface area (Å²) in [5, 5.41) is 2.17. The zero-order valence-electron chi connectivity index (χ0n) is 9.42. The van der Waals surface area contributed by atoms with Crippen LogP contribution in [0.2, 0.25) is 0 Å². The van der Waals surface area contributed by atoms with Gasteiger partial charge in [-0.1, -0.05) is 18.2 Å². The van der Waals surface area contributed by atoms with Gasteiger partial charge in [0.2, 0.25) is 21.8 Å². The number of nitrogens with two attached hydrogens (primary N) is 1. The van der Waals surface area contributed by atoms with Crippen LogP contribution in [0, 0.1) is 0 Å². The molecule has 4 N–H and O–H groups in total. The summed E-state index contributed by atoms with van der Waals surface area (Å²) in [6.45, 7) is -0.781. The summed E-state index contributed by atoms with van der Waals surface area (Å²) < 4.78 is 25.5. The summed E-state index contributed by atoms with van der Waals surface area (Å²) in [5.74, 6) is -1.33. The van der Waals surface area contributed by atoms with E-state index >= 15 is 0 Å². The highest BCUT2D eigenvalue weighted by Gasteiger charge is 2.14. The van der Waals surface area contributed by atoms with Crippen LogP contribution in [-0.4, -0.2) is 33.3 Å². The summed E-state index contributed by atoms with van der Waals surface area (Å²) in [4.78, 5) is 21.6. The number of carbonyl (C=O) groups excluding carboxylic acids is 2. The van der Waals surface area contributed by atoms with Crippen molar-refractivity contribution < 1.29 is 18.0 Å². The number of carbonyl (C=O) groups is 2. The van der Waals surface area contributed by atoms with Crippen LogP contribution in [0.15, 0.2) is 35.2 Å². The van der Waals surface area contributed by atoms with Gasteiger partial charge in [-0.15, -0.1) is 0 Å². The number of benzene rings is 1. The van der Waals surface area contributed by atoms with Crippen LogP contribution in [0.1, 0.15) is 0 Å². The Morgan fingerprint density at radius 1 is 1.11 bits per heavy atom. The van der Waals surface area contributed by atoms with Crippen molar-refractivity contribution in [2.75, 3.05) is 13.1 Å². The molecular weight excluding hydrogens is 258 g/mol. The molecule has 0 aliphatic heterocycles. The fourth-order valence-corrected chi connectivity index (χ4v) is 2.09. The second-order valence-corrected chi connectivity index (χ2v) is 5.15. The second kappa shape index (κ2) is 6.12. The Hall–Kier alpha value is -1.93. The minimum absolute atomic E-state index is 0.0627. The minimum atomic E-state index is -3.72. The van der Waals surface area contributed by atoms with Crippen LogP contribution in [0.3, 0.4) is 0 Å². The Morgan fingerprint density at radius 3 is 2.28 bits per heavy atom. The van der Waals surface area contributed by atoms with Gasteiger partial charge in [0.25, 0.3) is 0 Å². The fourth-order valence-electron chi connectivity index (χ4n) is 1.09. The van der Waals surface area contributed by atoms with Crippen LogP contribution in [0.5, 0.6) is 0 Å². The molecule has 0 aliphatic carbocycles. The third-order valence-corrected chi connectivity index (χ3v) is 3.35. The summed E-state index contributed by atoms with van der Waals surface area (Å²) in [6.07, 6.45) is 0. The van der Waals surface area contributed by atoms with Crippen molar-refractivity contribution in [3.05, 3.63) is 30.3 Å². The maximum Gasteiger partial charge on any atom is 0.241 e. The first kappa shape index (κ1) is 14.1. The molecule has 0 atom stereocenters. The van der Waals surface area contributed by atoms with E-state index in [1.54, 1.807) is 18.2 Å². The molecule has 2 amide bonds. The highest BCUT2D eigenvalue weighted by Crippen LogP contribution is 2.06. The van der Waals surface area contributed by atoms with Gasteiger partial charge in [0, 0.05) is 0 Å². The van der Waals surface area contributed by atoms with Gasteiger partial charge in [0.1, 0.15) is 0 Å². The van der Waals surface area contributed by atoms with Gasteiger partial charge in [-0.05, 0) is 12.1 Å².